The maximum Gasteiger partial charge on any atom is 0.253 e. The average molecular weight is 422 g/mol. The van der Waals surface area contributed by atoms with E-state index in [9.17, 15) is 4.79 Å². The van der Waals surface area contributed by atoms with Crippen LogP contribution in [0.4, 0.5) is 0 Å². The van der Waals surface area contributed by atoms with Gasteiger partial charge in [-0.05, 0) is 56.1 Å². The lowest BCUT2D eigenvalue weighted by Crippen LogP contribution is -2.42. The van der Waals surface area contributed by atoms with E-state index < -0.39 is 0 Å². The number of rotatable bonds is 7. The Morgan fingerprint density at radius 1 is 1.03 bits per heavy atom. The van der Waals surface area contributed by atoms with Crippen LogP contribution < -0.4 is 10.6 Å². The van der Waals surface area contributed by atoms with Crippen LogP contribution in [0.1, 0.15) is 45.9 Å². The van der Waals surface area contributed by atoms with Crippen molar-refractivity contribution in [2.45, 2.75) is 32.4 Å². The zero-order valence-electron chi connectivity index (χ0n) is 19.2. The van der Waals surface area contributed by atoms with E-state index in [1.807, 2.05) is 24.3 Å². The number of nitrogens with zero attached hydrogens (tertiary/aromatic N) is 3. The molecule has 0 aliphatic carbocycles. The van der Waals surface area contributed by atoms with Gasteiger partial charge >= 0.3 is 0 Å². The Kier molecular flexibility index (Phi) is 8.06. The smallest absolute Gasteiger partial charge is 0.253 e. The van der Waals surface area contributed by atoms with Crippen LogP contribution in [0, 0.1) is 6.92 Å². The number of hydrogen-bond donors (Lipinski definition) is 2. The molecule has 1 amide bonds. The molecule has 0 saturated carbocycles. The van der Waals surface area contributed by atoms with Crippen LogP contribution in [0.15, 0.2) is 53.5 Å². The van der Waals surface area contributed by atoms with Gasteiger partial charge < -0.3 is 15.5 Å². The molecule has 2 aromatic carbocycles. The summed E-state index contributed by atoms with van der Waals surface area (Å²) in [5, 5.41) is 6.90. The van der Waals surface area contributed by atoms with Crippen LogP contribution >= 0.6 is 0 Å². The van der Waals surface area contributed by atoms with Gasteiger partial charge in [-0.3, -0.25) is 14.7 Å². The van der Waals surface area contributed by atoms with E-state index in [1.54, 1.807) is 26.0 Å². The Morgan fingerprint density at radius 3 is 2.26 bits per heavy atom. The zero-order valence-corrected chi connectivity index (χ0v) is 19.2. The van der Waals surface area contributed by atoms with Crippen molar-refractivity contribution in [3.05, 3.63) is 70.8 Å². The topological polar surface area (TPSA) is 60.0 Å². The number of hydrogen-bond acceptors (Lipinski definition) is 3. The molecule has 6 heteroatoms. The summed E-state index contributed by atoms with van der Waals surface area (Å²) in [4.78, 5) is 20.6. The summed E-state index contributed by atoms with van der Waals surface area (Å²) in [6.07, 6.45) is 2.53. The van der Waals surface area contributed by atoms with Crippen LogP contribution in [0.2, 0.25) is 0 Å². The third-order valence-corrected chi connectivity index (χ3v) is 5.80. The third-order valence-electron chi connectivity index (χ3n) is 5.80. The number of carbonyl (C=O) groups is 1. The minimum Gasteiger partial charge on any atom is -0.354 e. The lowest BCUT2D eigenvalue weighted by atomic mass is 10.0. The number of aryl methyl sites for hydroxylation is 1. The average Bonchev–Trinajstić information content (AvgIpc) is 3.31. The van der Waals surface area contributed by atoms with Crippen LogP contribution in [0.5, 0.6) is 0 Å². The number of guanidine groups is 1. The molecular weight excluding hydrogens is 386 g/mol. The summed E-state index contributed by atoms with van der Waals surface area (Å²) < 4.78 is 0. The molecule has 2 N–H and O–H groups in total. The molecule has 31 heavy (non-hydrogen) atoms. The molecule has 2 aromatic rings. The first-order chi connectivity index (χ1) is 15.0. The third kappa shape index (κ3) is 6.31. The first-order valence-electron chi connectivity index (χ1n) is 11.0. The Bertz CT molecular complexity index is 868. The van der Waals surface area contributed by atoms with Gasteiger partial charge in [-0.25, -0.2) is 0 Å². The number of nitrogens with one attached hydrogen (secondary N) is 2. The Morgan fingerprint density at radius 2 is 1.68 bits per heavy atom. The van der Waals surface area contributed by atoms with Gasteiger partial charge in [-0.2, -0.15) is 0 Å². The Labute approximate surface area is 186 Å². The SMILES string of the molecule is CN=C(NCc1ccc(C(=O)N(C)C)cc1)NCC(c1ccc(C)cc1)N1CCCC1. The molecule has 1 unspecified atom stereocenters. The molecule has 0 aromatic heterocycles. The minimum absolute atomic E-state index is 0.0149. The van der Waals surface area contributed by atoms with E-state index in [0.29, 0.717) is 18.2 Å². The van der Waals surface area contributed by atoms with Crippen molar-refractivity contribution in [2.24, 2.45) is 4.99 Å². The van der Waals surface area contributed by atoms with Crippen molar-refractivity contribution >= 4 is 11.9 Å². The fourth-order valence-electron chi connectivity index (χ4n) is 3.92. The van der Waals surface area contributed by atoms with Gasteiger partial charge in [0.25, 0.3) is 5.91 Å². The van der Waals surface area contributed by atoms with Gasteiger partial charge in [0.05, 0.1) is 6.04 Å². The lowest BCUT2D eigenvalue weighted by molar-refractivity contribution is 0.0827. The molecular formula is C25H35N5O. The molecule has 1 aliphatic rings. The molecule has 3 rings (SSSR count). The van der Waals surface area contributed by atoms with Gasteiger partial charge in [-0.15, -0.1) is 0 Å². The van der Waals surface area contributed by atoms with E-state index in [0.717, 1.165) is 31.2 Å². The number of amides is 1. The minimum atomic E-state index is 0.0149. The van der Waals surface area contributed by atoms with Crippen molar-refractivity contribution in [2.75, 3.05) is 40.8 Å². The second kappa shape index (κ2) is 11.0. The summed E-state index contributed by atoms with van der Waals surface area (Å²) in [5.41, 5.74) is 4.43. The summed E-state index contributed by atoms with van der Waals surface area (Å²) in [6.45, 7) is 5.87. The van der Waals surface area contributed by atoms with Crippen molar-refractivity contribution in [1.82, 2.24) is 20.4 Å². The molecule has 0 spiro atoms. The largest absolute Gasteiger partial charge is 0.354 e. The highest BCUT2D eigenvalue weighted by Gasteiger charge is 2.23. The highest BCUT2D eigenvalue weighted by Crippen LogP contribution is 2.24. The first-order valence-corrected chi connectivity index (χ1v) is 11.0. The summed E-state index contributed by atoms with van der Waals surface area (Å²) in [6, 6.07) is 16.9. The molecule has 166 valence electrons. The number of carbonyl (C=O) groups excluding carboxylic acids is 1. The normalized spacial score (nSPS) is 15.5. The van der Waals surface area contributed by atoms with Gasteiger partial charge in [0.1, 0.15) is 0 Å². The second-order valence-electron chi connectivity index (χ2n) is 8.37. The number of likely N-dealkylation sites (tertiary alicyclic amines) is 1. The molecule has 1 fully saturated rings. The van der Waals surface area contributed by atoms with E-state index in [2.05, 4.69) is 51.7 Å². The molecule has 1 aliphatic heterocycles. The molecule has 6 nitrogen and oxygen atoms in total. The maximum atomic E-state index is 12.0. The summed E-state index contributed by atoms with van der Waals surface area (Å²) in [5.74, 6) is 0.797. The Hall–Kier alpha value is -2.86. The fourth-order valence-corrected chi connectivity index (χ4v) is 3.92. The standard InChI is InChI=1S/C25H35N5O/c1-19-7-11-21(12-8-19)23(30-15-5-6-16-30)18-28-25(26-2)27-17-20-9-13-22(14-10-20)24(31)29(3)4/h7-14,23H,5-6,15-18H2,1-4H3,(H2,26,27,28). The van der Waals surface area contributed by atoms with E-state index in [1.165, 1.54) is 24.0 Å². The summed E-state index contributed by atoms with van der Waals surface area (Å²) >= 11 is 0. The van der Waals surface area contributed by atoms with Gasteiger partial charge in [0.15, 0.2) is 5.96 Å². The van der Waals surface area contributed by atoms with Gasteiger partial charge in [-0.1, -0.05) is 42.0 Å². The van der Waals surface area contributed by atoms with Crippen molar-refractivity contribution < 1.29 is 4.79 Å². The second-order valence-corrected chi connectivity index (χ2v) is 8.37. The molecule has 1 atom stereocenters. The van der Waals surface area contributed by atoms with Gasteiger partial charge in [0.2, 0.25) is 0 Å². The highest BCUT2D eigenvalue weighted by molar-refractivity contribution is 5.93. The van der Waals surface area contributed by atoms with Crippen LogP contribution in [-0.2, 0) is 6.54 Å². The number of aliphatic imine (C=N–C) groups is 1. The van der Waals surface area contributed by atoms with Crippen molar-refractivity contribution in [3.63, 3.8) is 0 Å². The molecule has 0 radical (unpaired) electrons. The van der Waals surface area contributed by atoms with E-state index in [-0.39, 0.29) is 5.91 Å². The van der Waals surface area contributed by atoms with Crippen molar-refractivity contribution in [3.8, 4) is 0 Å². The lowest BCUT2D eigenvalue weighted by Gasteiger charge is -2.29. The fraction of sp³-hybridized carbons (Fsp3) is 0.440. The monoisotopic (exact) mass is 421 g/mol. The maximum absolute atomic E-state index is 12.0. The predicted molar refractivity (Wildman–Crippen MR) is 127 cm³/mol. The van der Waals surface area contributed by atoms with Crippen LogP contribution in [0.3, 0.4) is 0 Å². The summed E-state index contributed by atoms with van der Waals surface area (Å²) in [7, 11) is 5.32. The van der Waals surface area contributed by atoms with E-state index >= 15 is 0 Å². The number of benzene rings is 2. The van der Waals surface area contributed by atoms with E-state index in [4.69, 9.17) is 0 Å². The zero-order chi connectivity index (χ0) is 22.2. The molecule has 1 saturated heterocycles. The first kappa shape index (κ1) is 22.8. The van der Waals surface area contributed by atoms with Crippen molar-refractivity contribution in [1.29, 1.82) is 0 Å². The molecule has 0 bridgehead atoms. The van der Waals surface area contributed by atoms with Crippen LogP contribution in [0.25, 0.3) is 0 Å². The highest BCUT2D eigenvalue weighted by atomic mass is 16.2. The quantitative estimate of drug-likeness (QED) is 0.532. The Balaban J connectivity index is 1.58. The predicted octanol–water partition coefficient (Wildman–Crippen LogP) is 3.20. The van der Waals surface area contributed by atoms with Gasteiger partial charge in [0, 0.05) is 39.8 Å². The van der Waals surface area contributed by atoms with Crippen LogP contribution in [-0.4, -0.2) is 62.4 Å². The molecule has 1 heterocycles.